The van der Waals surface area contributed by atoms with Gasteiger partial charge in [-0.2, -0.15) is 0 Å². The first kappa shape index (κ1) is 15.5. The summed E-state index contributed by atoms with van der Waals surface area (Å²) in [5.41, 5.74) is 1.18. The third kappa shape index (κ3) is 4.93. The lowest BCUT2D eigenvalue weighted by Crippen LogP contribution is -2.21. The fourth-order valence-electron chi connectivity index (χ4n) is 2.24. The van der Waals surface area contributed by atoms with Gasteiger partial charge in [-0.25, -0.2) is 0 Å². The van der Waals surface area contributed by atoms with E-state index < -0.39 is 0 Å². The molecule has 0 heterocycles. The van der Waals surface area contributed by atoms with Crippen LogP contribution in [0, 0.1) is 0 Å². The summed E-state index contributed by atoms with van der Waals surface area (Å²) in [5.74, 6) is 0.967. The van der Waals surface area contributed by atoms with Gasteiger partial charge in [0.1, 0.15) is 11.9 Å². The van der Waals surface area contributed by atoms with Gasteiger partial charge in [-0.05, 0) is 43.5 Å². The maximum Gasteiger partial charge on any atom is 0.124 e. The standard InChI is InChI=1S/C16H22BrNO2/c1-19-10-9-18-12-13-11-14(17)7-8-16(13)20-15-5-3-2-4-6-15/h3,5,7-8,11,15,18H,2,4,6,9-10,12H2,1H3. The normalized spacial score (nSPS) is 18.2. The van der Waals surface area contributed by atoms with Gasteiger partial charge in [0.15, 0.2) is 0 Å². The van der Waals surface area contributed by atoms with E-state index in [0.29, 0.717) is 0 Å². The zero-order valence-corrected chi connectivity index (χ0v) is 13.5. The van der Waals surface area contributed by atoms with Crippen molar-refractivity contribution >= 4 is 15.9 Å². The number of hydrogen-bond acceptors (Lipinski definition) is 3. The number of hydrogen-bond donors (Lipinski definition) is 1. The van der Waals surface area contributed by atoms with Crippen LogP contribution in [0.3, 0.4) is 0 Å². The topological polar surface area (TPSA) is 30.5 Å². The average molecular weight is 340 g/mol. The largest absolute Gasteiger partial charge is 0.486 e. The SMILES string of the molecule is COCCNCc1cc(Br)ccc1OC1C=CCCC1. The predicted molar refractivity (Wildman–Crippen MR) is 85.1 cm³/mol. The number of benzene rings is 1. The highest BCUT2D eigenvalue weighted by Gasteiger charge is 2.12. The van der Waals surface area contributed by atoms with E-state index >= 15 is 0 Å². The molecule has 1 atom stereocenters. The number of halogens is 1. The molecule has 0 aliphatic heterocycles. The molecular formula is C16H22BrNO2. The maximum atomic E-state index is 6.12. The number of ether oxygens (including phenoxy) is 2. The summed E-state index contributed by atoms with van der Waals surface area (Å²) in [5, 5.41) is 3.36. The Morgan fingerprint density at radius 2 is 2.30 bits per heavy atom. The van der Waals surface area contributed by atoms with Crippen molar-refractivity contribution in [1.82, 2.24) is 5.32 Å². The third-order valence-corrected chi connectivity index (χ3v) is 3.80. The van der Waals surface area contributed by atoms with Crippen molar-refractivity contribution in [2.75, 3.05) is 20.3 Å². The van der Waals surface area contributed by atoms with Gasteiger partial charge in [-0.1, -0.05) is 22.0 Å². The summed E-state index contributed by atoms with van der Waals surface area (Å²) < 4.78 is 12.2. The van der Waals surface area contributed by atoms with Crippen molar-refractivity contribution in [1.29, 1.82) is 0 Å². The Balaban J connectivity index is 1.99. The summed E-state index contributed by atoms with van der Waals surface area (Å²) >= 11 is 3.52. The molecule has 4 heteroatoms. The number of nitrogens with one attached hydrogen (secondary N) is 1. The Bertz CT molecular complexity index is 448. The summed E-state index contributed by atoms with van der Waals surface area (Å²) in [6.07, 6.45) is 8.08. The predicted octanol–water partition coefficient (Wildman–Crippen LogP) is 3.67. The van der Waals surface area contributed by atoms with Crippen LogP contribution in [-0.2, 0) is 11.3 Å². The molecule has 0 fully saturated rings. The molecule has 20 heavy (non-hydrogen) atoms. The van der Waals surface area contributed by atoms with Gasteiger partial charge >= 0.3 is 0 Å². The molecule has 0 radical (unpaired) electrons. The van der Waals surface area contributed by atoms with Crippen LogP contribution in [0.5, 0.6) is 5.75 Å². The fraction of sp³-hybridized carbons (Fsp3) is 0.500. The van der Waals surface area contributed by atoms with Crippen LogP contribution in [-0.4, -0.2) is 26.4 Å². The van der Waals surface area contributed by atoms with E-state index in [4.69, 9.17) is 9.47 Å². The molecule has 0 bridgehead atoms. The average Bonchev–Trinajstić information content (AvgIpc) is 2.47. The highest BCUT2D eigenvalue weighted by Crippen LogP contribution is 2.26. The van der Waals surface area contributed by atoms with E-state index in [0.717, 1.165) is 36.3 Å². The Labute approximate surface area is 129 Å². The molecular weight excluding hydrogens is 318 g/mol. The minimum Gasteiger partial charge on any atom is -0.486 e. The highest BCUT2D eigenvalue weighted by atomic mass is 79.9. The number of methoxy groups -OCH3 is 1. The van der Waals surface area contributed by atoms with Gasteiger partial charge in [0.25, 0.3) is 0 Å². The van der Waals surface area contributed by atoms with Crippen molar-refractivity contribution < 1.29 is 9.47 Å². The smallest absolute Gasteiger partial charge is 0.124 e. The molecule has 1 N–H and O–H groups in total. The van der Waals surface area contributed by atoms with E-state index in [-0.39, 0.29) is 6.10 Å². The molecule has 2 rings (SSSR count). The van der Waals surface area contributed by atoms with Crippen LogP contribution in [0.4, 0.5) is 0 Å². The second-order valence-electron chi connectivity index (χ2n) is 4.94. The van der Waals surface area contributed by atoms with Crippen molar-refractivity contribution in [3.63, 3.8) is 0 Å². The first-order valence-corrected chi connectivity index (χ1v) is 7.90. The Morgan fingerprint density at radius 3 is 3.05 bits per heavy atom. The van der Waals surface area contributed by atoms with Crippen LogP contribution in [0.1, 0.15) is 24.8 Å². The Morgan fingerprint density at radius 1 is 1.40 bits per heavy atom. The van der Waals surface area contributed by atoms with Crippen molar-refractivity contribution in [3.8, 4) is 5.75 Å². The molecule has 0 saturated heterocycles. The molecule has 0 saturated carbocycles. The van der Waals surface area contributed by atoms with Gasteiger partial charge in [0.05, 0.1) is 6.61 Å². The van der Waals surface area contributed by atoms with E-state index in [1.165, 1.54) is 18.4 Å². The molecule has 3 nitrogen and oxygen atoms in total. The monoisotopic (exact) mass is 339 g/mol. The Kier molecular flexibility index (Phi) is 6.57. The zero-order chi connectivity index (χ0) is 14.2. The summed E-state index contributed by atoms with van der Waals surface area (Å²) in [7, 11) is 1.71. The number of rotatable bonds is 7. The summed E-state index contributed by atoms with van der Waals surface area (Å²) in [6.45, 7) is 2.34. The third-order valence-electron chi connectivity index (χ3n) is 3.31. The van der Waals surface area contributed by atoms with Crippen LogP contribution >= 0.6 is 15.9 Å². The molecule has 0 amide bonds. The van der Waals surface area contributed by atoms with Crippen LogP contribution < -0.4 is 10.1 Å². The first-order chi connectivity index (χ1) is 9.79. The maximum absolute atomic E-state index is 6.12. The van der Waals surface area contributed by atoms with Crippen molar-refractivity contribution in [2.24, 2.45) is 0 Å². The van der Waals surface area contributed by atoms with Gasteiger partial charge in [-0.15, -0.1) is 0 Å². The number of allylic oxidation sites excluding steroid dienone is 1. The lowest BCUT2D eigenvalue weighted by molar-refractivity contribution is 0.198. The van der Waals surface area contributed by atoms with E-state index in [1.807, 2.05) is 12.1 Å². The van der Waals surface area contributed by atoms with Crippen LogP contribution in [0.25, 0.3) is 0 Å². The molecule has 110 valence electrons. The summed E-state index contributed by atoms with van der Waals surface area (Å²) in [4.78, 5) is 0. The molecule has 1 aliphatic rings. The molecule has 0 spiro atoms. The van der Waals surface area contributed by atoms with E-state index in [2.05, 4.69) is 39.5 Å². The Hall–Kier alpha value is -0.840. The second kappa shape index (κ2) is 8.45. The van der Waals surface area contributed by atoms with Gasteiger partial charge in [-0.3, -0.25) is 0 Å². The fourth-order valence-corrected chi connectivity index (χ4v) is 2.65. The molecule has 0 aromatic heterocycles. The molecule has 1 aromatic rings. The molecule has 1 aromatic carbocycles. The second-order valence-corrected chi connectivity index (χ2v) is 5.85. The van der Waals surface area contributed by atoms with Gasteiger partial charge < -0.3 is 14.8 Å². The van der Waals surface area contributed by atoms with Crippen molar-refractivity contribution in [3.05, 3.63) is 40.4 Å². The van der Waals surface area contributed by atoms with Crippen LogP contribution in [0.15, 0.2) is 34.8 Å². The van der Waals surface area contributed by atoms with Crippen molar-refractivity contribution in [2.45, 2.75) is 31.9 Å². The first-order valence-electron chi connectivity index (χ1n) is 7.11. The lowest BCUT2D eigenvalue weighted by Gasteiger charge is -2.21. The zero-order valence-electron chi connectivity index (χ0n) is 11.9. The van der Waals surface area contributed by atoms with E-state index in [9.17, 15) is 0 Å². The minimum absolute atomic E-state index is 0.211. The molecule has 1 aliphatic carbocycles. The lowest BCUT2D eigenvalue weighted by atomic mass is 10.1. The highest BCUT2D eigenvalue weighted by molar-refractivity contribution is 9.10. The van der Waals surface area contributed by atoms with Gasteiger partial charge in [0, 0.05) is 30.2 Å². The van der Waals surface area contributed by atoms with E-state index in [1.54, 1.807) is 7.11 Å². The van der Waals surface area contributed by atoms with Gasteiger partial charge in [0.2, 0.25) is 0 Å². The van der Waals surface area contributed by atoms with Crippen LogP contribution in [0.2, 0.25) is 0 Å². The summed E-state index contributed by atoms with van der Waals surface area (Å²) in [6, 6.07) is 6.18. The molecule has 1 unspecified atom stereocenters. The minimum atomic E-state index is 0.211. The quantitative estimate of drug-likeness (QED) is 0.607.